The molecule has 3 N–H and O–H groups in total. The van der Waals surface area contributed by atoms with Crippen LogP contribution in [-0.4, -0.2) is 28.2 Å². The maximum atomic E-state index is 11.9. The molecule has 0 radical (unpaired) electrons. The summed E-state index contributed by atoms with van der Waals surface area (Å²) in [6.07, 6.45) is 2.85. The van der Waals surface area contributed by atoms with Crippen LogP contribution in [0.25, 0.3) is 0 Å². The number of anilines is 2. The SMILES string of the molecule is COc1ccc(C(=O)Nc2nccnn2)cc1N. The van der Waals surface area contributed by atoms with Gasteiger partial charge in [-0.15, -0.1) is 5.10 Å². The number of aromatic nitrogens is 3. The lowest BCUT2D eigenvalue weighted by molar-refractivity contribution is 0.102. The Hall–Kier alpha value is -2.70. The van der Waals surface area contributed by atoms with Gasteiger partial charge in [0.05, 0.1) is 25.2 Å². The number of carbonyl (C=O) groups is 1. The molecular weight excluding hydrogens is 234 g/mol. The van der Waals surface area contributed by atoms with E-state index in [1.54, 1.807) is 12.1 Å². The average molecular weight is 245 g/mol. The zero-order valence-electron chi connectivity index (χ0n) is 9.62. The Kier molecular flexibility index (Phi) is 3.33. The molecule has 2 rings (SSSR count). The largest absolute Gasteiger partial charge is 0.495 e. The van der Waals surface area contributed by atoms with Crippen molar-refractivity contribution in [3.8, 4) is 5.75 Å². The van der Waals surface area contributed by atoms with Gasteiger partial charge < -0.3 is 10.5 Å². The number of nitrogens with one attached hydrogen (secondary N) is 1. The van der Waals surface area contributed by atoms with Gasteiger partial charge in [-0.2, -0.15) is 5.10 Å². The highest BCUT2D eigenvalue weighted by Crippen LogP contribution is 2.22. The fourth-order valence-electron chi connectivity index (χ4n) is 1.35. The molecule has 0 fully saturated rings. The first-order valence-corrected chi connectivity index (χ1v) is 5.09. The number of hydrogen-bond donors (Lipinski definition) is 2. The number of ether oxygens (including phenoxy) is 1. The van der Waals surface area contributed by atoms with Gasteiger partial charge >= 0.3 is 0 Å². The van der Waals surface area contributed by atoms with Gasteiger partial charge in [0.1, 0.15) is 5.75 Å². The number of carbonyl (C=O) groups excluding carboxylic acids is 1. The van der Waals surface area contributed by atoms with Gasteiger partial charge in [0.2, 0.25) is 5.95 Å². The van der Waals surface area contributed by atoms with Gasteiger partial charge in [-0.05, 0) is 18.2 Å². The average Bonchev–Trinajstić information content (AvgIpc) is 2.39. The summed E-state index contributed by atoms with van der Waals surface area (Å²) < 4.78 is 5.01. The molecule has 0 aliphatic rings. The van der Waals surface area contributed by atoms with E-state index in [2.05, 4.69) is 20.5 Å². The Morgan fingerprint density at radius 1 is 1.39 bits per heavy atom. The maximum Gasteiger partial charge on any atom is 0.258 e. The van der Waals surface area contributed by atoms with Crippen molar-refractivity contribution in [2.75, 3.05) is 18.2 Å². The lowest BCUT2D eigenvalue weighted by Gasteiger charge is -2.06. The molecule has 0 bridgehead atoms. The van der Waals surface area contributed by atoms with E-state index in [9.17, 15) is 4.79 Å². The zero-order valence-corrected chi connectivity index (χ0v) is 9.62. The number of amides is 1. The molecule has 0 spiro atoms. The standard InChI is InChI=1S/C11H11N5O2/c1-18-9-3-2-7(6-8(9)12)10(17)15-11-13-4-5-14-16-11/h2-6H,12H2,1H3,(H,13,15,16,17). The normalized spacial score (nSPS) is 9.83. The minimum atomic E-state index is -0.364. The first kappa shape index (κ1) is 11.8. The van der Waals surface area contributed by atoms with Gasteiger partial charge in [-0.1, -0.05) is 0 Å². The molecule has 1 amide bonds. The minimum absolute atomic E-state index is 0.136. The van der Waals surface area contributed by atoms with E-state index < -0.39 is 0 Å². The van der Waals surface area contributed by atoms with Crippen molar-refractivity contribution in [2.45, 2.75) is 0 Å². The maximum absolute atomic E-state index is 11.9. The molecule has 1 aromatic carbocycles. The summed E-state index contributed by atoms with van der Waals surface area (Å²) in [5.74, 6) is 0.290. The van der Waals surface area contributed by atoms with Crippen LogP contribution in [0.2, 0.25) is 0 Å². The van der Waals surface area contributed by atoms with E-state index in [0.717, 1.165) is 0 Å². The quantitative estimate of drug-likeness (QED) is 0.772. The van der Waals surface area contributed by atoms with Gasteiger partial charge in [0.25, 0.3) is 5.91 Å². The predicted octanol–water partition coefficient (Wildman–Crippen LogP) is 0.715. The Labute approximate surface area is 103 Å². The molecule has 1 heterocycles. The van der Waals surface area contributed by atoms with Crippen LogP contribution in [0.15, 0.2) is 30.6 Å². The van der Waals surface area contributed by atoms with Crippen molar-refractivity contribution in [2.24, 2.45) is 0 Å². The number of nitrogens with zero attached hydrogens (tertiary/aromatic N) is 3. The summed E-state index contributed by atoms with van der Waals surface area (Å²) in [5, 5.41) is 9.76. The molecule has 0 saturated carbocycles. The van der Waals surface area contributed by atoms with Crippen molar-refractivity contribution in [3.05, 3.63) is 36.2 Å². The lowest BCUT2D eigenvalue weighted by atomic mass is 10.2. The van der Waals surface area contributed by atoms with Crippen LogP contribution in [0.1, 0.15) is 10.4 Å². The molecule has 92 valence electrons. The fourth-order valence-corrected chi connectivity index (χ4v) is 1.35. The third-order valence-corrected chi connectivity index (χ3v) is 2.20. The van der Waals surface area contributed by atoms with Crippen molar-refractivity contribution in [1.82, 2.24) is 15.2 Å². The smallest absolute Gasteiger partial charge is 0.258 e. The van der Waals surface area contributed by atoms with E-state index in [0.29, 0.717) is 17.0 Å². The molecule has 0 saturated heterocycles. The van der Waals surface area contributed by atoms with E-state index >= 15 is 0 Å². The number of hydrogen-bond acceptors (Lipinski definition) is 6. The third kappa shape index (κ3) is 2.51. The van der Waals surface area contributed by atoms with Crippen LogP contribution < -0.4 is 15.8 Å². The van der Waals surface area contributed by atoms with Crippen LogP contribution in [0.5, 0.6) is 5.75 Å². The summed E-state index contributed by atoms with van der Waals surface area (Å²) in [7, 11) is 1.51. The van der Waals surface area contributed by atoms with Gasteiger partial charge in [-0.25, -0.2) is 4.98 Å². The van der Waals surface area contributed by atoms with Crippen molar-refractivity contribution in [1.29, 1.82) is 0 Å². The number of rotatable bonds is 3. The second-order valence-electron chi connectivity index (χ2n) is 3.38. The Morgan fingerprint density at radius 2 is 2.22 bits per heavy atom. The highest BCUT2D eigenvalue weighted by Gasteiger charge is 2.09. The van der Waals surface area contributed by atoms with Gasteiger partial charge in [0, 0.05) is 5.56 Å². The molecule has 0 atom stereocenters. The molecule has 7 heteroatoms. The molecule has 0 aliphatic carbocycles. The topological polar surface area (TPSA) is 103 Å². The van der Waals surface area contributed by atoms with E-state index in [4.69, 9.17) is 10.5 Å². The summed E-state index contributed by atoms with van der Waals surface area (Å²) in [4.78, 5) is 15.7. The summed E-state index contributed by atoms with van der Waals surface area (Å²) >= 11 is 0. The Bertz CT molecular complexity index is 559. The second-order valence-corrected chi connectivity index (χ2v) is 3.38. The summed E-state index contributed by atoms with van der Waals surface area (Å²) in [6, 6.07) is 4.74. The van der Waals surface area contributed by atoms with Crippen LogP contribution in [0.3, 0.4) is 0 Å². The number of methoxy groups -OCH3 is 1. The highest BCUT2D eigenvalue weighted by molar-refractivity contribution is 6.04. The van der Waals surface area contributed by atoms with E-state index in [1.165, 1.54) is 25.6 Å². The fraction of sp³-hybridized carbons (Fsp3) is 0.0909. The molecule has 7 nitrogen and oxygen atoms in total. The van der Waals surface area contributed by atoms with E-state index in [-0.39, 0.29) is 11.9 Å². The molecule has 1 aromatic heterocycles. The van der Waals surface area contributed by atoms with Crippen molar-refractivity contribution >= 4 is 17.5 Å². The highest BCUT2D eigenvalue weighted by atomic mass is 16.5. The molecular formula is C11H11N5O2. The second kappa shape index (κ2) is 5.09. The minimum Gasteiger partial charge on any atom is -0.495 e. The Morgan fingerprint density at radius 3 is 2.83 bits per heavy atom. The van der Waals surface area contributed by atoms with Gasteiger partial charge in [-0.3, -0.25) is 10.1 Å². The van der Waals surface area contributed by atoms with Crippen LogP contribution in [0.4, 0.5) is 11.6 Å². The van der Waals surface area contributed by atoms with Crippen LogP contribution in [-0.2, 0) is 0 Å². The molecule has 0 unspecified atom stereocenters. The first-order valence-electron chi connectivity index (χ1n) is 5.09. The summed E-state index contributed by atoms with van der Waals surface area (Å²) in [5.41, 5.74) is 6.49. The van der Waals surface area contributed by atoms with Crippen LogP contribution in [0, 0.1) is 0 Å². The molecule has 0 aliphatic heterocycles. The van der Waals surface area contributed by atoms with Gasteiger partial charge in [0.15, 0.2) is 0 Å². The predicted molar refractivity (Wildman–Crippen MR) is 65.2 cm³/mol. The zero-order chi connectivity index (χ0) is 13.0. The number of benzene rings is 1. The monoisotopic (exact) mass is 245 g/mol. The Balaban J connectivity index is 2.17. The third-order valence-electron chi connectivity index (χ3n) is 2.20. The summed E-state index contributed by atoms with van der Waals surface area (Å²) in [6.45, 7) is 0. The van der Waals surface area contributed by atoms with Crippen molar-refractivity contribution in [3.63, 3.8) is 0 Å². The number of nitrogen functional groups attached to an aromatic ring is 1. The lowest BCUT2D eigenvalue weighted by Crippen LogP contribution is -2.14. The molecule has 18 heavy (non-hydrogen) atoms. The number of nitrogens with two attached hydrogens (primary N) is 1. The molecule has 2 aromatic rings. The van der Waals surface area contributed by atoms with Crippen LogP contribution >= 0.6 is 0 Å². The van der Waals surface area contributed by atoms with E-state index in [1.807, 2.05) is 0 Å². The van der Waals surface area contributed by atoms with Crippen molar-refractivity contribution < 1.29 is 9.53 Å². The first-order chi connectivity index (χ1) is 8.70.